The molecule has 3 heteroatoms. The molecule has 14 heavy (non-hydrogen) atoms. The maximum Gasteiger partial charge on any atom is 0.0452 e. The van der Waals surface area contributed by atoms with Crippen molar-refractivity contribution in [1.29, 1.82) is 0 Å². The van der Waals surface area contributed by atoms with Crippen LogP contribution in [0, 0.1) is 11.8 Å². The second-order valence-electron chi connectivity index (χ2n) is 5.34. The van der Waals surface area contributed by atoms with E-state index >= 15 is 0 Å². The zero-order chi connectivity index (χ0) is 10.8. The lowest BCUT2D eigenvalue weighted by Crippen LogP contribution is -2.59. The van der Waals surface area contributed by atoms with E-state index in [1.165, 1.54) is 19.3 Å². The Morgan fingerprint density at radius 2 is 1.79 bits per heavy atom. The van der Waals surface area contributed by atoms with Gasteiger partial charge in [0, 0.05) is 26.2 Å². The SMILES string of the molecule is CC1CC(C)CC(CN)(NN(C)C)C1. The predicted octanol–water partition coefficient (Wildman–Crippen LogP) is 1.21. The van der Waals surface area contributed by atoms with Crippen molar-refractivity contribution in [1.82, 2.24) is 10.4 Å². The van der Waals surface area contributed by atoms with Crippen molar-refractivity contribution in [3.05, 3.63) is 0 Å². The highest BCUT2D eigenvalue weighted by molar-refractivity contribution is 4.94. The first-order chi connectivity index (χ1) is 6.47. The predicted molar refractivity (Wildman–Crippen MR) is 60.8 cm³/mol. The maximum atomic E-state index is 5.92. The minimum Gasteiger partial charge on any atom is -0.329 e. The summed E-state index contributed by atoms with van der Waals surface area (Å²) in [6.45, 7) is 5.40. The van der Waals surface area contributed by atoms with Gasteiger partial charge in [0.2, 0.25) is 0 Å². The Labute approximate surface area is 88.0 Å². The molecule has 0 saturated heterocycles. The van der Waals surface area contributed by atoms with Gasteiger partial charge >= 0.3 is 0 Å². The molecular weight excluding hydrogens is 174 g/mol. The summed E-state index contributed by atoms with van der Waals surface area (Å²) in [7, 11) is 4.09. The summed E-state index contributed by atoms with van der Waals surface area (Å²) in [5.41, 5.74) is 9.58. The summed E-state index contributed by atoms with van der Waals surface area (Å²) in [5.74, 6) is 1.57. The standard InChI is InChI=1S/C11H25N3/c1-9-5-10(2)7-11(6-9,8-12)13-14(3)4/h9-10,13H,5-8,12H2,1-4H3. The topological polar surface area (TPSA) is 41.3 Å². The maximum absolute atomic E-state index is 5.92. The molecule has 0 bridgehead atoms. The first-order valence-corrected chi connectivity index (χ1v) is 5.62. The molecule has 0 aromatic rings. The molecule has 1 rings (SSSR count). The number of hydrogen-bond acceptors (Lipinski definition) is 3. The van der Waals surface area contributed by atoms with Gasteiger partial charge in [0.25, 0.3) is 0 Å². The van der Waals surface area contributed by atoms with Crippen LogP contribution in [0.5, 0.6) is 0 Å². The summed E-state index contributed by atoms with van der Waals surface area (Å²) < 4.78 is 0. The largest absolute Gasteiger partial charge is 0.329 e. The van der Waals surface area contributed by atoms with Crippen LogP contribution in [0.1, 0.15) is 33.1 Å². The third kappa shape index (κ3) is 2.94. The first kappa shape index (κ1) is 12.0. The van der Waals surface area contributed by atoms with Gasteiger partial charge in [0.15, 0.2) is 0 Å². The molecule has 1 aliphatic carbocycles. The molecule has 0 spiro atoms. The third-order valence-electron chi connectivity index (χ3n) is 3.13. The molecule has 0 amide bonds. The molecule has 2 unspecified atom stereocenters. The highest BCUT2D eigenvalue weighted by Crippen LogP contribution is 2.35. The van der Waals surface area contributed by atoms with Crippen molar-refractivity contribution < 1.29 is 0 Å². The second kappa shape index (κ2) is 4.60. The van der Waals surface area contributed by atoms with Crippen LogP contribution in [0.25, 0.3) is 0 Å². The van der Waals surface area contributed by atoms with Crippen molar-refractivity contribution >= 4 is 0 Å². The van der Waals surface area contributed by atoms with Gasteiger partial charge in [-0.3, -0.25) is 5.01 Å². The van der Waals surface area contributed by atoms with Crippen molar-refractivity contribution in [2.45, 2.75) is 38.6 Å². The minimum absolute atomic E-state index is 0.139. The molecule has 0 aromatic carbocycles. The zero-order valence-electron chi connectivity index (χ0n) is 10.0. The Kier molecular flexibility index (Phi) is 3.93. The summed E-state index contributed by atoms with van der Waals surface area (Å²) >= 11 is 0. The van der Waals surface area contributed by atoms with Crippen molar-refractivity contribution in [3.8, 4) is 0 Å². The Morgan fingerprint density at radius 1 is 1.29 bits per heavy atom. The summed E-state index contributed by atoms with van der Waals surface area (Å²) in [6.07, 6.45) is 3.74. The molecule has 3 nitrogen and oxygen atoms in total. The fourth-order valence-electron chi connectivity index (χ4n) is 3.05. The first-order valence-electron chi connectivity index (χ1n) is 5.62. The number of hydrogen-bond donors (Lipinski definition) is 2. The van der Waals surface area contributed by atoms with E-state index in [0.29, 0.717) is 0 Å². The van der Waals surface area contributed by atoms with Gasteiger partial charge in [0.1, 0.15) is 0 Å². The average molecular weight is 199 g/mol. The zero-order valence-corrected chi connectivity index (χ0v) is 10.0. The minimum atomic E-state index is 0.139. The summed E-state index contributed by atoms with van der Waals surface area (Å²) in [5, 5.41) is 2.04. The fraction of sp³-hybridized carbons (Fsp3) is 1.00. The quantitative estimate of drug-likeness (QED) is 0.671. The van der Waals surface area contributed by atoms with Gasteiger partial charge in [-0.2, -0.15) is 0 Å². The molecular formula is C11H25N3. The van der Waals surface area contributed by atoms with E-state index in [-0.39, 0.29) is 5.54 Å². The van der Waals surface area contributed by atoms with Crippen LogP contribution in [0.3, 0.4) is 0 Å². The number of rotatable bonds is 3. The molecule has 0 aromatic heterocycles. The van der Waals surface area contributed by atoms with E-state index in [1.54, 1.807) is 0 Å². The van der Waals surface area contributed by atoms with E-state index in [1.807, 2.05) is 19.1 Å². The number of nitrogens with two attached hydrogens (primary N) is 1. The van der Waals surface area contributed by atoms with Gasteiger partial charge < -0.3 is 5.73 Å². The lowest BCUT2D eigenvalue weighted by atomic mass is 9.72. The lowest BCUT2D eigenvalue weighted by molar-refractivity contribution is 0.0781. The van der Waals surface area contributed by atoms with E-state index in [4.69, 9.17) is 5.73 Å². The van der Waals surface area contributed by atoms with Crippen LogP contribution in [-0.4, -0.2) is 31.2 Å². The van der Waals surface area contributed by atoms with E-state index in [9.17, 15) is 0 Å². The van der Waals surface area contributed by atoms with E-state index in [2.05, 4.69) is 19.3 Å². The van der Waals surface area contributed by atoms with Gasteiger partial charge in [-0.15, -0.1) is 0 Å². The Morgan fingerprint density at radius 3 is 2.14 bits per heavy atom. The Bertz CT molecular complexity index is 164. The normalized spacial score (nSPS) is 39.0. The molecule has 1 saturated carbocycles. The molecule has 84 valence electrons. The van der Waals surface area contributed by atoms with E-state index < -0.39 is 0 Å². The smallest absolute Gasteiger partial charge is 0.0452 e. The number of nitrogens with one attached hydrogen (secondary N) is 1. The highest BCUT2D eigenvalue weighted by Gasteiger charge is 2.36. The molecule has 0 radical (unpaired) electrons. The van der Waals surface area contributed by atoms with E-state index in [0.717, 1.165) is 18.4 Å². The molecule has 1 fully saturated rings. The summed E-state index contributed by atoms with van der Waals surface area (Å²) in [4.78, 5) is 0. The van der Waals surface area contributed by atoms with Crippen LogP contribution in [0.4, 0.5) is 0 Å². The van der Waals surface area contributed by atoms with Crippen LogP contribution in [-0.2, 0) is 0 Å². The molecule has 0 heterocycles. The van der Waals surface area contributed by atoms with Gasteiger partial charge in [0.05, 0.1) is 0 Å². The van der Waals surface area contributed by atoms with Crippen LogP contribution >= 0.6 is 0 Å². The van der Waals surface area contributed by atoms with Gasteiger partial charge in [-0.05, 0) is 31.1 Å². The van der Waals surface area contributed by atoms with Crippen molar-refractivity contribution in [2.75, 3.05) is 20.6 Å². The monoisotopic (exact) mass is 199 g/mol. The number of hydrazine groups is 1. The number of nitrogens with zero attached hydrogens (tertiary/aromatic N) is 1. The Hall–Kier alpha value is -0.120. The van der Waals surface area contributed by atoms with Gasteiger partial charge in [-0.25, -0.2) is 5.43 Å². The van der Waals surface area contributed by atoms with Crippen LogP contribution in [0.15, 0.2) is 0 Å². The molecule has 3 N–H and O–H groups in total. The molecule has 2 atom stereocenters. The van der Waals surface area contributed by atoms with Crippen molar-refractivity contribution in [3.63, 3.8) is 0 Å². The van der Waals surface area contributed by atoms with Crippen LogP contribution in [0.2, 0.25) is 0 Å². The van der Waals surface area contributed by atoms with Crippen LogP contribution < -0.4 is 11.2 Å². The average Bonchev–Trinajstić information content (AvgIpc) is 2.00. The van der Waals surface area contributed by atoms with Crippen molar-refractivity contribution in [2.24, 2.45) is 17.6 Å². The highest BCUT2D eigenvalue weighted by atomic mass is 15.5. The lowest BCUT2D eigenvalue weighted by Gasteiger charge is -2.44. The Balaban J connectivity index is 2.66. The molecule has 0 aliphatic heterocycles. The molecule has 1 aliphatic rings. The fourth-order valence-corrected chi connectivity index (χ4v) is 3.05. The summed E-state index contributed by atoms with van der Waals surface area (Å²) in [6, 6.07) is 0. The van der Waals surface area contributed by atoms with Gasteiger partial charge in [-0.1, -0.05) is 13.8 Å². The third-order valence-corrected chi connectivity index (χ3v) is 3.13. The second-order valence-corrected chi connectivity index (χ2v) is 5.34.